The van der Waals surface area contributed by atoms with E-state index in [1.165, 1.54) is 0 Å². The van der Waals surface area contributed by atoms with Gasteiger partial charge in [0.2, 0.25) is 5.95 Å². The van der Waals surface area contributed by atoms with Crippen LogP contribution in [0.1, 0.15) is 0 Å². The van der Waals surface area contributed by atoms with E-state index in [-0.39, 0.29) is 5.60 Å². The van der Waals surface area contributed by atoms with Crippen LogP contribution in [0.25, 0.3) is 0 Å². The Kier molecular flexibility index (Phi) is 4.27. The number of anilines is 2. The summed E-state index contributed by atoms with van der Waals surface area (Å²) in [5.74, 6) is 0.726. The van der Waals surface area contributed by atoms with E-state index in [1.807, 2.05) is 18.3 Å². The summed E-state index contributed by atoms with van der Waals surface area (Å²) in [6, 6.07) is 5.88. The van der Waals surface area contributed by atoms with E-state index in [4.69, 9.17) is 9.47 Å². The molecule has 0 aromatic carbocycles. The fourth-order valence-electron chi connectivity index (χ4n) is 3.32. The van der Waals surface area contributed by atoms with Crippen LogP contribution in [0.4, 0.5) is 11.6 Å². The third-order valence-corrected chi connectivity index (χ3v) is 4.44. The summed E-state index contributed by atoms with van der Waals surface area (Å²) in [6.45, 7) is 5.00. The molecule has 1 spiro atoms. The molecule has 7 heteroatoms. The highest BCUT2D eigenvalue weighted by Gasteiger charge is 2.41. The Labute approximate surface area is 141 Å². The molecule has 2 aliphatic rings. The first-order valence-electron chi connectivity index (χ1n) is 8.23. The number of ether oxygens (including phenoxy) is 2. The van der Waals surface area contributed by atoms with Crippen molar-refractivity contribution < 1.29 is 9.47 Å². The lowest BCUT2D eigenvalue weighted by molar-refractivity contribution is -0.0896. The van der Waals surface area contributed by atoms with E-state index in [2.05, 4.69) is 30.8 Å². The molecule has 0 amide bonds. The molecule has 0 N–H and O–H groups in total. The number of hydrogen-bond acceptors (Lipinski definition) is 7. The third-order valence-electron chi connectivity index (χ3n) is 4.44. The first kappa shape index (κ1) is 15.3. The summed E-state index contributed by atoms with van der Waals surface area (Å²) in [5, 5.41) is 0. The summed E-state index contributed by atoms with van der Waals surface area (Å²) in [5.41, 5.74) is 0.732. The van der Waals surface area contributed by atoms with Gasteiger partial charge in [0, 0.05) is 31.7 Å². The molecule has 7 nitrogen and oxygen atoms in total. The number of aromatic nitrogens is 3. The van der Waals surface area contributed by atoms with Gasteiger partial charge in [0.25, 0.3) is 0 Å². The Morgan fingerprint density at radius 3 is 2.62 bits per heavy atom. The molecule has 0 aliphatic carbocycles. The second-order valence-electron chi connectivity index (χ2n) is 6.19. The smallest absolute Gasteiger partial charge is 0.225 e. The lowest BCUT2D eigenvalue weighted by atomic mass is 10.0. The van der Waals surface area contributed by atoms with Gasteiger partial charge in [-0.15, -0.1) is 0 Å². The van der Waals surface area contributed by atoms with Crippen LogP contribution in [0.15, 0.2) is 43.0 Å². The zero-order chi connectivity index (χ0) is 16.2. The van der Waals surface area contributed by atoms with Crippen LogP contribution in [0, 0.1) is 0 Å². The van der Waals surface area contributed by atoms with Crippen LogP contribution in [0.5, 0.6) is 0 Å². The van der Waals surface area contributed by atoms with Crippen molar-refractivity contribution >= 4 is 11.6 Å². The van der Waals surface area contributed by atoms with Gasteiger partial charge in [-0.25, -0.2) is 9.97 Å². The first-order chi connectivity index (χ1) is 11.8. The van der Waals surface area contributed by atoms with Crippen LogP contribution < -0.4 is 9.80 Å². The highest BCUT2D eigenvalue weighted by atomic mass is 16.5. The minimum atomic E-state index is -0.385. The molecule has 0 saturated carbocycles. The largest absolute Gasteiger partial charge is 0.376 e. The molecule has 0 bridgehead atoms. The number of rotatable bonds is 2. The predicted octanol–water partition coefficient (Wildman–Crippen LogP) is 0.984. The van der Waals surface area contributed by atoms with E-state index < -0.39 is 0 Å². The van der Waals surface area contributed by atoms with E-state index in [1.54, 1.807) is 18.6 Å². The van der Waals surface area contributed by atoms with Crippen molar-refractivity contribution in [3.8, 4) is 0 Å². The van der Waals surface area contributed by atoms with E-state index >= 15 is 0 Å². The van der Waals surface area contributed by atoms with E-state index in [9.17, 15) is 0 Å². The van der Waals surface area contributed by atoms with Gasteiger partial charge in [0.1, 0.15) is 5.60 Å². The van der Waals surface area contributed by atoms with Crippen molar-refractivity contribution in [1.82, 2.24) is 15.0 Å². The van der Waals surface area contributed by atoms with Gasteiger partial charge in [0.05, 0.1) is 44.8 Å². The summed E-state index contributed by atoms with van der Waals surface area (Å²) >= 11 is 0. The maximum Gasteiger partial charge on any atom is 0.225 e. The van der Waals surface area contributed by atoms with Crippen molar-refractivity contribution in [3.63, 3.8) is 0 Å². The lowest BCUT2D eigenvalue weighted by Gasteiger charge is -2.44. The highest BCUT2D eigenvalue weighted by molar-refractivity contribution is 5.45. The van der Waals surface area contributed by atoms with Gasteiger partial charge in [0.15, 0.2) is 0 Å². The summed E-state index contributed by atoms with van der Waals surface area (Å²) in [6.07, 6.45) is 7.23. The molecular formula is C17H21N5O2. The number of hydrogen-bond donors (Lipinski definition) is 0. The summed E-state index contributed by atoms with van der Waals surface area (Å²) in [4.78, 5) is 17.5. The monoisotopic (exact) mass is 327 g/mol. The fraction of sp³-hybridized carbons (Fsp3) is 0.471. The molecule has 2 saturated heterocycles. The van der Waals surface area contributed by atoms with Gasteiger partial charge in [-0.1, -0.05) is 0 Å². The molecule has 4 heterocycles. The maximum absolute atomic E-state index is 6.21. The van der Waals surface area contributed by atoms with Gasteiger partial charge < -0.3 is 19.3 Å². The Bertz CT molecular complexity index is 657. The SMILES string of the molecule is c1cnc(N2CCOCC3(CN(c4cccnc4)CCO3)C2)nc1. The highest BCUT2D eigenvalue weighted by Crippen LogP contribution is 2.27. The maximum atomic E-state index is 6.21. The van der Waals surface area contributed by atoms with Crippen molar-refractivity contribution in [3.05, 3.63) is 43.0 Å². The van der Waals surface area contributed by atoms with Gasteiger partial charge >= 0.3 is 0 Å². The van der Waals surface area contributed by atoms with Crippen molar-refractivity contribution in [2.45, 2.75) is 5.60 Å². The Balaban J connectivity index is 1.56. The topological polar surface area (TPSA) is 63.6 Å². The average molecular weight is 327 g/mol. The minimum absolute atomic E-state index is 0.385. The van der Waals surface area contributed by atoms with Crippen LogP contribution in [-0.2, 0) is 9.47 Å². The number of morpholine rings is 1. The van der Waals surface area contributed by atoms with Gasteiger partial charge in [-0.3, -0.25) is 4.98 Å². The van der Waals surface area contributed by atoms with Crippen LogP contribution in [0.3, 0.4) is 0 Å². The second-order valence-corrected chi connectivity index (χ2v) is 6.19. The molecule has 126 valence electrons. The summed E-state index contributed by atoms with van der Waals surface area (Å²) < 4.78 is 12.1. The van der Waals surface area contributed by atoms with Gasteiger partial charge in [-0.2, -0.15) is 0 Å². The summed E-state index contributed by atoms with van der Waals surface area (Å²) in [7, 11) is 0. The number of nitrogens with zero attached hydrogens (tertiary/aromatic N) is 5. The molecule has 4 rings (SSSR count). The molecule has 2 fully saturated rings. The van der Waals surface area contributed by atoms with E-state index in [0.29, 0.717) is 26.4 Å². The number of pyridine rings is 1. The molecular weight excluding hydrogens is 306 g/mol. The quantitative estimate of drug-likeness (QED) is 0.815. The zero-order valence-electron chi connectivity index (χ0n) is 13.5. The molecule has 2 aliphatic heterocycles. The fourth-order valence-corrected chi connectivity index (χ4v) is 3.32. The van der Waals surface area contributed by atoms with Gasteiger partial charge in [-0.05, 0) is 18.2 Å². The molecule has 1 unspecified atom stereocenters. The Morgan fingerprint density at radius 2 is 1.79 bits per heavy atom. The molecule has 0 radical (unpaired) electrons. The standard InChI is InChI=1S/C17H21N5O2/c1-3-15(11-18-4-1)21-8-10-24-17(12-21)13-22(7-9-23-14-17)16-19-5-2-6-20-16/h1-6,11H,7-10,12-14H2. The van der Waals surface area contributed by atoms with Crippen molar-refractivity contribution in [2.24, 2.45) is 0 Å². The molecule has 2 aromatic rings. The predicted molar refractivity (Wildman–Crippen MR) is 90.2 cm³/mol. The van der Waals surface area contributed by atoms with Crippen LogP contribution in [-0.4, -0.2) is 66.6 Å². The zero-order valence-corrected chi connectivity index (χ0v) is 13.5. The normalized spacial score (nSPS) is 24.8. The Morgan fingerprint density at radius 1 is 0.958 bits per heavy atom. The molecule has 24 heavy (non-hydrogen) atoms. The van der Waals surface area contributed by atoms with Crippen molar-refractivity contribution in [1.29, 1.82) is 0 Å². The molecule has 1 atom stereocenters. The first-order valence-corrected chi connectivity index (χ1v) is 8.23. The van der Waals surface area contributed by atoms with Crippen molar-refractivity contribution in [2.75, 3.05) is 55.8 Å². The Hall–Kier alpha value is -2.25. The average Bonchev–Trinajstić information content (AvgIpc) is 2.86. The van der Waals surface area contributed by atoms with Crippen LogP contribution in [0.2, 0.25) is 0 Å². The minimum Gasteiger partial charge on any atom is -0.376 e. The van der Waals surface area contributed by atoms with Crippen LogP contribution >= 0.6 is 0 Å². The van der Waals surface area contributed by atoms with E-state index in [0.717, 1.165) is 31.3 Å². The lowest BCUT2D eigenvalue weighted by Crippen LogP contribution is -2.59. The molecule has 2 aromatic heterocycles. The second kappa shape index (κ2) is 6.70. The third kappa shape index (κ3) is 3.18.